The quantitative estimate of drug-likeness (QED) is 0.868. The molecule has 0 radical (unpaired) electrons. The van der Waals surface area contributed by atoms with Gasteiger partial charge in [-0.15, -0.1) is 0 Å². The van der Waals surface area contributed by atoms with Crippen LogP contribution >= 0.6 is 11.6 Å². The van der Waals surface area contributed by atoms with Crippen LogP contribution in [0.4, 0.5) is 5.88 Å². The van der Waals surface area contributed by atoms with Crippen LogP contribution in [-0.4, -0.2) is 11.8 Å². The molecule has 1 N–H and O–H groups in total. The normalized spacial score (nSPS) is 15.3. The van der Waals surface area contributed by atoms with Gasteiger partial charge in [0.2, 0.25) is 11.7 Å². The molecule has 0 spiro atoms. The summed E-state index contributed by atoms with van der Waals surface area (Å²) in [6.45, 7) is 3.52. The summed E-state index contributed by atoms with van der Waals surface area (Å²) in [5.74, 6) is -1.59. The Balaban J connectivity index is 1.88. The van der Waals surface area contributed by atoms with Crippen molar-refractivity contribution in [2.24, 2.45) is 0 Å². The lowest BCUT2D eigenvalue weighted by molar-refractivity contribution is -0.128. The van der Waals surface area contributed by atoms with Crippen LogP contribution in [0.3, 0.4) is 0 Å². The number of cyclic esters (lactones) is 1. The van der Waals surface area contributed by atoms with Crippen molar-refractivity contribution in [2.75, 3.05) is 5.32 Å². The zero-order valence-corrected chi connectivity index (χ0v) is 13.3. The Labute approximate surface area is 137 Å². The maximum atomic E-state index is 12.0. The first-order valence-electron chi connectivity index (χ1n) is 6.93. The minimum atomic E-state index is -1.14. The van der Waals surface area contributed by atoms with Gasteiger partial charge in [0, 0.05) is 31.5 Å². The van der Waals surface area contributed by atoms with Crippen molar-refractivity contribution in [1.82, 2.24) is 0 Å². The van der Waals surface area contributed by atoms with Crippen molar-refractivity contribution in [3.05, 3.63) is 56.9 Å². The minimum absolute atomic E-state index is 0.129. The van der Waals surface area contributed by atoms with Crippen LogP contribution in [0.15, 0.2) is 39.5 Å². The van der Waals surface area contributed by atoms with Gasteiger partial charge in [0.05, 0.1) is 0 Å². The summed E-state index contributed by atoms with van der Waals surface area (Å²) in [7, 11) is 0. The maximum absolute atomic E-state index is 12.0. The number of carbonyl (C=O) groups excluding carboxylic acids is 1. The van der Waals surface area contributed by atoms with Gasteiger partial charge >= 0.3 is 11.6 Å². The molecule has 1 aromatic heterocycles. The smallest absolute Gasteiger partial charge is 0.356 e. The topological polar surface area (TPSA) is 77.8 Å². The standard InChI is InChI=1S/C16H14ClNO5/c1-16(2)22-11-7-12(21-14(19)13(11)15(20)23-16)18-8-9-5-3-4-6-10(9)17/h3-7,18H,8H2,1-2H3. The lowest BCUT2D eigenvalue weighted by Gasteiger charge is -2.30. The summed E-state index contributed by atoms with van der Waals surface area (Å²) in [4.78, 5) is 23.8. The molecular formula is C16H14ClNO5. The second-order valence-corrected chi connectivity index (χ2v) is 5.88. The fourth-order valence-electron chi connectivity index (χ4n) is 2.21. The Hall–Kier alpha value is -2.47. The molecule has 0 atom stereocenters. The van der Waals surface area contributed by atoms with Crippen molar-refractivity contribution < 1.29 is 18.7 Å². The summed E-state index contributed by atoms with van der Waals surface area (Å²) in [6, 6.07) is 8.75. The number of halogens is 1. The number of fused-ring (bicyclic) bond motifs is 1. The first-order chi connectivity index (χ1) is 10.9. The molecule has 6 nitrogen and oxygen atoms in total. The average molecular weight is 336 g/mol. The highest BCUT2D eigenvalue weighted by atomic mass is 35.5. The van der Waals surface area contributed by atoms with Gasteiger partial charge < -0.3 is 19.2 Å². The Morgan fingerprint density at radius 1 is 1.17 bits per heavy atom. The molecule has 3 rings (SSSR count). The van der Waals surface area contributed by atoms with Gasteiger partial charge in [-0.05, 0) is 11.6 Å². The first-order valence-corrected chi connectivity index (χ1v) is 7.31. The lowest BCUT2D eigenvalue weighted by Crippen LogP contribution is -2.41. The van der Waals surface area contributed by atoms with Crippen LogP contribution in [0.25, 0.3) is 0 Å². The second-order valence-electron chi connectivity index (χ2n) is 5.47. The van der Waals surface area contributed by atoms with Gasteiger partial charge in [-0.1, -0.05) is 29.8 Å². The van der Waals surface area contributed by atoms with Gasteiger partial charge in [0.25, 0.3) is 0 Å². The molecule has 23 heavy (non-hydrogen) atoms. The molecular weight excluding hydrogens is 322 g/mol. The molecule has 1 aliphatic heterocycles. The summed E-state index contributed by atoms with van der Waals surface area (Å²) >= 11 is 6.08. The van der Waals surface area contributed by atoms with E-state index in [0.717, 1.165) is 5.56 Å². The van der Waals surface area contributed by atoms with E-state index in [4.69, 9.17) is 25.5 Å². The van der Waals surface area contributed by atoms with Gasteiger partial charge in [0.15, 0.2) is 11.3 Å². The monoisotopic (exact) mass is 335 g/mol. The molecule has 0 unspecified atom stereocenters. The van der Waals surface area contributed by atoms with Crippen LogP contribution in [0, 0.1) is 0 Å². The van der Waals surface area contributed by atoms with Crippen LogP contribution in [-0.2, 0) is 11.3 Å². The van der Waals surface area contributed by atoms with Crippen molar-refractivity contribution >= 4 is 23.5 Å². The van der Waals surface area contributed by atoms with E-state index in [2.05, 4.69) is 5.32 Å². The molecule has 120 valence electrons. The number of rotatable bonds is 3. The highest BCUT2D eigenvalue weighted by Gasteiger charge is 2.37. The largest absolute Gasteiger partial charge is 0.451 e. The fourth-order valence-corrected chi connectivity index (χ4v) is 2.41. The number of esters is 1. The molecule has 0 bridgehead atoms. The first kappa shape index (κ1) is 15.4. The SMILES string of the molecule is CC1(C)OC(=O)c2c(cc(NCc3ccccc3Cl)oc2=O)O1. The van der Waals surface area contributed by atoms with Gasteiger partial charge in [0.1, 0.15) is 0 Å². The third kappa shape index (κ3) is 3.17. The zero-order valence-electron chi connectivity index (χ0n) is 12.5. The van der Waals surface area contributed by atoms with E-state index >= 15 is 0 Å². The minimum Gasteiger partial charge on any atom is -0.451 e. The molecule has 0 fully saturated rings. The highest BCUT2D eigenvalue weighted by molar-refractivity contribution is 6.31. The fraction of sp³-hybridized carbons (Fsp3) is 0.250. The third-order valence-electron chi connectivity index (χ3n) is 3.22. The maximum Gasteiger partial charge on any atom is 0.356 e. The molecule has 0 saturated carbocycles. The van der Waals surface area contributed by atoms with E-state index in [0.29, 0.717) is 11.6 Å². The number of benzene rings is 1. The van der Waals surface area contributed by atoms with Crippen molar-refractivity contribution in [3.63, 3.8) is 0 Å². The van der Waals surface area contributed by atoms with Gasteiger partial charge in [-0.3, -0.25) is 0 Å². The Kier molecular flexibility index (Phi) is 3.77. The number of nitrogens with one attached hydrogen (secondary N) is 1. The van der Waals surface area contributed by atoms with E-state index < -0.39 is 17.4 Å². The third-order valence-corrected chi connectivity index (χ3v) is 3.59. The predicted molar refractivity (Wildman–Crippen MR) is 83.9 cm³/mol. The highest BCUT2D eigenvalue weighted by Crippen LogP contribution is 2.31. The second kappa shape index (κ2) is 5.62. The van der Waals surface area contributed by atoms with E-state index in [9.17, 15) is 9.59 Å². The number of anilines is 1. The van der Waals surface area contributed by atoms with E-state index in [-0.39, 0.29) is 17.2 Å². The lowest BCUT2D eigenvalue weighted by atomic mass is 10.2. The average Bonchev–Trinajstić information content (AvgIpc) is 2.44. The summed E-state index contributed by atoms with van der Waals surface area (Å²) in [5.41, 5.74) is -0.215. The molecule has 1 aromatic carbocycles. The molecule has 0 amide bonds. The van der Waals surface area contributed by atoms with Crippen molar-refractivity contribution in [2.45, 2.75) is 26.2 Å². The van der Waals surface area contributed by atoms with Crippen LogP contribution in [0.1, 0.15) is 29.8 Å². The summed E-state index contributed by atoms with van der Waals surface area (Å²) in [6.07, 6.45) is 0. The van der Waals surface area contributed by atoms with E-state index in [1.807, 2.05) is 18.2 Å². The van der Waals surface area contributed by atoms with E-state index in [1.54, 1.807) is 19.9 Å². The van der Waals surface area contributed by atoms with Crippen LogP contribution in [0.2, 0.25) is 5.02 Å². The van der Waals surface area contributed by atoms with Gasteiger partial charge in [-0.2, -0.15) is 0 Å². The predicted octanol–water partition coefficient (Wildman–Crippen LogP) is 3.19. The number of hydrogen-bond donors (Lipinski definition) is 1. The molecule has 2 aromatic rings. The number of hydrogen-bond acceptors (Lipinski definition) is 6. The molecule has 0 saturated heterocycles. The molecule has 2 heterocycles. The van der Waals surface area contributed by atoms with Crippen LogP contribution < -0.4 is 15.7 Å². The molecule has 0 aliphatic carbocycles. The summed E-state index contributed by atoms with van der Waals surface area (Å²) in [5, 5.41) is 3.55. The molecule has 7 heteroatoms. The Morgan fingerprint density at radius 2 is 1.91 bits per heavy atom. The Bertz CT molecular complexity index is 827. The van der Waals surface area contributed by atoms with Crippen molar-refractivity contribution in [1.29, 1.82) is 0 Å². The number of ether oxygens (including phenoxy) is 2. The molecule has 1 aliphatic rings. The summed E-state index contributed by atoms with van der Waals surface area (Å²) < 4.78 is 15.6. The Morgan fingerprint density at radius 3 is 2.65 bits per heavy atom. The van der Waals surface area contributed by atoms with Crippen molar-refractivity contribution in [3.8, 4) is 5.75 Å². The van der Waals surface area contributed by atoms with Gasteiger partial charge in [-0.25, -0.2) is 9.59 Å². The number of carbonyl (C=O) groups is 1. The zero-order chi connectivity index (χ0) is 16.6. The van der Waals surface area contributed by atoms with E-state index in [1.165, 1.54) is 6.07 Å². The van der Waals surface area contributed by atoms with Crippen LogP contribution in [0.5, 0.6) is 5.75 Å².